The molecule has 1 aromatic carbocycles. The maximum Gasteiger partial charge on any atom is 0.481 e. The number of nitrogens with one attached hydrogen (secondary N) is 3. The minimum Gasteiger partial charge on any atom is -0.445 e. The van der Waals surface area contributed by atoms with Gasteiger partial charge >= 0.3 is 29.6 Å². The molecule has 0 saturated carbocycles. The topological polar surface area (TPSA) is 402 Å². The van der Waals surface area contributed by atoms with Crippen molar-refractivity contribution >= 4 is 75.2 Å². The number of carbonyl (C=O) groups is 4. The molecule has 27 nitrogen and oxygen atoms in total. The van der Waals surface area contributed by atoms with Gasteiger partial charge in [0.25, 0.3) is 0 Å². The average Bonchev–Trinajstić information content (AvgIpc) is 3.77. The van der Waals surface area contributed by atoms with E-state index in [1.165, 1.54) is 20.8 Å². The van der Waals surface area contributed by atoms with Crippen LogP contribution in [0.4, 0.5) is 10.6 Å². The van der Waals surface area contributed by atoms with E-state index in [1.54, 1.807) is 24.3 Å². The molecule has 0 aliphatic carbocycles. The van der Waals surface area contributed by atoms with Gasteiger partial charge in [0.05, 0.1) is 25.6 Å². The van der Waals surface area contributed by atoms with Crippen molar-refractivity contribution in [2.24, 2.45) is 5.41 Å². The van der Waals surface area contributed by atoms with Crippen LogP contribution < -0.4 is 21.7 Å². The molecule has 1 saturated heterocycles. The van der Waals surface area contributed by atoms with Crippen LogP contribution in [0.5, 0.6) is 0 Å². The lowest BCUT2D eigenvalue weighted by molar-refractivity contribution is -0.137. The van der Waals surface area contributed by atoms with E-state index in [9.17, 15) is 62.7 Å². The van der Waals surface area contributed by atoms with E-state index in [2.05, 4.69) is 39.7 Å². The number of alkyl carbamates (subject to hydrolysis) is 1. The number of anilines is 1. The maximum atomic E-state index is 12.7. The van der Waals surface area contributed by atoms with E-state index in [-0.39, 0.29) is 54.0 Å². The smallest absolute Gasteiger partial charge is 0.445 e. The van der Waals surface area contributed by atoms with Gasteiger partial charge in [-0.25, -0.2) is 33.4 Å². The van der Waals surface area contributed by atoms with Gasteiger partial charge in [-0.15, -0.1) is 0 Å². The minimum atomic E-state index is -5.60. The lowest BCUT2D eigenvalue weighted by Crippen LogP contribution is -2.46. The van der Waals surface area contributed by atoms with Crippen LogP contribution in [0.25, 0.3) is 11.2 Å². The normalized spacial score (nSPS) is 20.8. The zero-order chi connectivity index (χ0) is 46.8. The van der Waals surface area contributed by atoms with Crippen molar-refractivity contribution in [1.82, 2.24) is 35.5 Å². The highest BCUT2D eigenvalue weighted by molar-refractivity contribution is 8.13. The summed E-state index contributed by atoms with van der Waals surface area (Å²) >= 11 is 0.864. The number of benzene rings is 1. The standard InChI is InChI=1S/C32H47N8O19P3S/c1-18(39-31(46)54-13-19-7-5-4-6-8-19)30(45)63-12-11-34-21(41)9-10-35-28(44)25(43)32(2,3)15-56-62(52,53)59-61(50,51)55-14-20-24(58-60(47,48)49)23(42)29(57-20)40-17-38-22-26(33)36-16-37-27(22)40/h4-8,16-18,20,23-25,29,42-43H,9-15H2,1-3H3,(H,34,41)(H,35,44)(H,39,46)(H,50,51)(H,52,53)(H2,33,36,37)(H2,47,48,49)/t18-,20?,23?,24?,25?,29?/m0/s1. The highest BCUT2D eigenvalue weighted by atomic mass is 32.2. The number of imidazole rings is 1. The van der Waals surface area contributed by atoms with Gasteiger partial charge in [-0.1, -0.05) is 55.9 Å². The molecule has 350 valence electrons. The number of nitrogens with two attached hydrogens (primary N) is 1. The molecule has 1 aliphatic rings. The first kappa shape index (κ1) is 51.7. The third kappa shape index (κ3) is 15.9. The first-order valence-corrected chi connectivity index (χ1v) is 23.9. The fourth-order valence-corrected chi connectivity index (χ4v) is 8.95. The molecule has 3 heterocycles. The Bertz CT molecular complexity index is 2220. The van der Waals surface area contributed by atoms with Gasteiger partial charge in [0.1, 0.15) is 42.9 Å². The highest BCUT2D eigenvalue weighted by Gasteiger charge is 2.50. The summed E-state index contributed by atoms with van der Waals surface area (Å²) in [5.41, 5.74) is 4.98. The van der Waals surface area contributed by atoms with Crippen LogP contribution in [0.3, 0.4) is 0 Å². The number of amides is 3. The number of aromatic nitrogens is 4. The fraction of sp³-hybridized carbons (Fsp3) is 0.531. The van der Waals surface area contributed by atoms with E-state index < -0.39 is 96.7 Å². The summed E-state index contributed by atoms with van der Waals surface area (Å²) in [7, 11) is -16.5. The van der Waals surface area contributed by atoms with E-state index in [1.807, 2.05) is 6.07 Å². The van der Waals surface area contributed by atoms with Crippen LogP contribution >= 0.6 is 35.2 Å². The number of ether oxygens (including phenoxy) is 2. The van der Waals surface area contributed by atoms with Crippen LogP contribution in [0.15, 0.2) is 43.0 Å². The van der Waals surface area contributed by atoms with E-state index >= 15 is 0 Å². The predicted octanol–water partition coefficient (Wildman–Crippen LogP) is -0.0204. The van der Waals surface area contributed by atoms with Gasteiger partial charge in [-0.05, 0) is 12.5 Å². The van der Waals surface area contributed by atoms with Crippen molar-refractivity contribution in [1.29, 1.82) is 0 Å². The van der Waals surface area contributed by atoms with Gasteiger partial charge in [-0.3, -0.25) is 32.5 Å². The molecule has 4 rings (SSSR count). The molecule has 1 aliphatic heterocycles. The monoisotopic (exact) mass is 972 g/mol. The van der Waals surface area contributed by atoms with Gasteiger partial charge in [-0.2, -0.15) is 4.31 Å². The summed E-state index contributed by atoms with van der Waals surface area (Å²) in [4.78, 5) is 100. The Kier molecular flexibility index (Phi) is 18.3. The lowest BCUT2D eigenvalue weighted by atomic mass is 9.87. The average molecular weight is 973 g/mol. The Hall–Kier alpha value is -3.95. The minimum absolute atomic E-state index is 0.0197. The van der Waals surface area contributed by atoms with Crippen LogP contribution in [0.1, 0.15) is 39.0 Å². The van der Waals surface area contributed by atoms with E-state index in [0.717, 1.165) is 34.5 Å². The number of rotatable bonds is 23. The number of hydrogen-bond acceptors (Lipinski definition) is 20. The Morgan fingerprint density at radius 2 is 1.68 bits per heavy atom. The van der Waals surface area contributed by atoms with Crippen molar-refractivity contribution in [3.05, 3.63) is 48.5 Å². The van der Waals surface area contributed by atoms with Crippen molar-refractivity contribution < 1.29 is 90.0 Å². The SMILES string of the molecule is C[C@H](NC(=O)OCc1ccccc1)C(=O)SCCNC(=O)CCNC(=O)C(O)C(C)(C)COP(=O)(O)OP(=O)(O)OCC1OC(n2cnc3c(N)ncnc32)C(O)C1OP(=O)(O)O. The fourth-order valence-electron chi connectivity index (χ4n) is 5.41. The third-order valence-electron chi connectivity index (χ3n) is 8.65. The Balaban J connectivity index is 1.17. The van der Waals surface area contributed by atoms with Crippen molar-refractivity contribution in [3.8, 4) is 0 Å². The Morgan fingerprint density at radius 3 is 2.37 bits per heavy atom. The number of carbonyl (C=O) groups excluding carboxylic acids is 4. The first-order chi connectivity index (χ1) is 29.4. The van der Waals surface area contributed by atoms with Crippen LogP contribution in [0.2, 0.25) is 0 Å². The summed E-state index contributed by atoms with van der Waals surface area (Å²) in [5, 5.41) is 28.4. The van der Waals surface area contributed by atoms with Crippen molar-refractivity contribution in [2.75, 3.05) is 37.8 Å². The number of aliphatic hydroxyl groups excluding tert-OH is 2. The summed E-state index contributed by atoms with van der Waals surface area (Å²) in [5.74, 6) is -1.42. The molecule has 0 radical (unpaired) electrons. The van der Waals surface area contributed by atoms with Gasteiger partial charge in [0.15, 0.2) is 17.7 Å². The number of nitrogens with zero attached hydrogens (tertiary/aromatic N) is 4. The molecule has 0 spiro atoms. The van der Waals surface area contributed by atoms with Crippen LogP contribution in [0, 0.1) is 5.41 Å². The zero-order valence-corrected chi connectivity index (χ0v) is 37.1. The summed E-state index contributed by atoms with van der Waals surface area (Å²) in [6, 6.07) is 8.07. The molecular weight excluding hydrogens is 925 g/mol. The predicted molar refractivity (Wildman–Crippen MR) is 216 cm³/mol. The van der Waals surface area contributed by atoms with Crippen LogP contribution in [-0.2, 0) is 62.0 Å². The molecule has 1 fully saturated rings. The molecule has 2 aromatic heterocycles. The molecular formula is C32H47N8O19P3S. The largest absolute Gasteiger partial charge is 0.481 e. The maximum absolute atomic E-state index is 12.7. The second-order valence-electron chi connectivity index (χ2n) is 14.2. The molecule has 8 atom stereocenters. The molecule has 0 bridgehead atoms. The number of nitrogen functional groups attached to an aromatic ring is 1. The van der Waals surface area contributed by atoms with E-state index in [0.29, 0.717) is 0 Å². The number of thioether (sulfide) groups is 1. The quantitative estimate of drug-likeness (QED) is 0.0441. The first-order valence-electron chi connectivity index (χ1n) is 18.4. The lowest BCUT2D eigenvalue weighted by Gasteiger charge is -2.30. The van der Waals surface area contributed by atoms with E-state index in [4.69, 9.17) is 24.3 Å². The molecule has 7 unspecified atom stereocenters. The Morgan fingerprint density at radius 1 is 1.00 bits per heavy atom. The Labute approximate surface area is 362 Å². The van der Waals surface area contributed by atoms with Gasteiger partial charge in [0, 0.05) is 30.7 Å². The number of fused-ring (bicyclic) bond motifs is 1. The van der Waals surface area contributed by atoms with Crippen LogP contribution in [-0.4, -0.2) is 135 Å². The zero-order valence-electron chi connectivity index (χ0n) is 33.6. The molecule has 63 heavy (non-hydrogen) atoms. The summed E-state index contributed by atoms with van der Waals surface area (Å²) in [6.45, 7) is 1.71. The molecule has 3 amide bonds. The number of aliphatic hydroxyl groups is 2. The number of phosphoric acid groups is 3. The third-order valence-corrected chi connectivity index (χ3v) is 12.8. The molecule has 11 N–H and O–H groups in total. The number of hydrogen-bond donors (Lipinski definition) is 10. The van der Waals surface area contributed by atoms with Gasteiger partial charge < -0.3 is 60.9 Å². The summed E-state index contributed by atoms with van der Waals surface area (Å²) < 4.78 is 67.3. The van der Waals surface area contributed by atoms with Crippen molar-refractivity contribution in [2.45, 2.75) is 70.5 Å². The second-order valence-corrected chi connectivity index (χ2v) is 19.5. The van der Waals surface area contributed by atoms with Gasteiger partial charge in [0.2, 0.25) is 16.9 Å². The second kappa shape index (κ2) is 22.3. The summed E-state index contributed by atoms with van der Waals surface area (Å²) in [6.07, 6.45) is -7.88. The van der Waals surface area contributed by atoms with Crippen molar-refractivity contribution in [3.63, 3.8) is 0 Å². The molecule has 3 aromatic rings. The molecule has 31 heteroatoms. The number of phosphoric ester groups is 3. The highest BCUT2D eigenvalue weighted by Crippen LogP contribution is 2.61.